The molecule has 8 heteroatoms. The first-order valence-electron chi connectivity index (χ1n) is 9.45. The molecule has 2 aliphatic rings. The number of nitrogens with zero attached hydrogens (tertiary/aromatic N) is 3. The predicted octanol–water partition coefficient (Wildman–Crippen LogP) is 3.91. The fourth-order valence-corrected chi connectivity index (χ4v) is 4.12. The number of aliphatic imine (C=N–C) groups is 1. The largest absolute Gasteiger partial charge is 0.389 e. The van der Waals surface area contributed by atoms with Crippen LogP contribution in [0, 0.1) is 24.5 Å². The maximum Gasteiger partial charge on any atom is 0.143 e. The molecule has 0 radical (unpaired) electrons. The van der Waals surface area contributed by atoms with E-state index in [4.69, 9.17) is 17.3 Å². The fourth-order valence-electron chi connectivity index (χ4n) is 3.92. The zero-order chi connectivity index (χ0) is 20.4. The molecule has 1 fully saturated rings. The van der Waals surface area contributed by atoms with E-state index in [2.05, 4.69) is 28.8 Å². The lowest BCUT2D eigenvalue weighted by Crippen LogP contribution is -2.54. The minimum Gasteiger partial charge on any atom is -0.389 e. The maximum absolute atomic E-state index is 14.9. The van der Waals surface area contributed by atoms with Crippen LogP contribution in [0.3, 0.4) is 0 Å². The molecule has 152 valence electrons. The first kappa shape index (κ1) is 20.6. The Morgan fingerprint density at radius 3 is 2.43 bits per heavy atom. The lowest BCUT2D eigenvalue weighted by Gasteiger charge is -2.43. The second-order valence-electron chi connectivity index (χ2n) is 7.30. The van der Waals surface area contributed by atoms with Crippen LogP contribution >= 0.6 is 11.6 Å². The summed E-state index contributed by atoms with van der Waals surface area (Å²) in [4.78, 5) is 6.25. The second kappa shape index (κ2) is 8.49. The summed E-state index contributed by atoms with van der Waals surface area (Å²) in [6.45, 7) is 9.22. The van der Waals surface area contributed by atoms with Gasteiger partial charge >= 0.3 is 0 Å². The lowest BCUT2D eigenvalue weighted by molar-refractivity contribution is 0.0631. The van der Waals surface area contributed by atoms with Gasteiger partial charge in [0.25, 0.3) is 0 Å². The van der Waals surface area contributed by atoms with Gasteiger partial charge in [-0.1, -0.05) is 31.5 Å². The van der Waals surface area contributed by atoms with Gasteiger partial charge in [0, 0.05) is 18.7 Å². The van der Waals surface area contributed by atoms with Gasteiger partial charge in [-0.2, -0.15) is 0 Å². The Bertz CT molecular complexity index is 788. The van der Waals surface area contributed by atoms with Crippen LogP contribution in [0.25, 0.3) is 5.57 Å². The molecule has 0 aromatic heterocycles. The molecule has 3 rings (SSSR count). The highest BCUT2D eigenvalue weighted by Gasteiger charge is 2.37. The molecule has 0 bridgehead atoms. The van der Waals surface area contributed by atoms with Gasteiger partial charge < -0.3 is 5.73 Å². The molecule has 1 saturated heterocycles. The number of hydrogen-bond donors (Lipinski definition) is 2. The van der Waals surface area contributed by atoms with E-state index in [1.807, 2.05) is 0 Å². The normalized spacial score (nSPS) is 20.3. The van der Waals surface area contributed by atoms with Gasteiger partial charge in [-0.05, 0) is 43.4 Å². The summed E-state index contributed by atoms with van der Waals surface area (Å²) in [7, 11) is 0. The van der Waals surface area contributed by atoms with Crippen molar-refractivity contribution < 1.29 is 8.78 Å². The summed E-state index contributed by atoms with van der Waals surface area (Å²) in [5.41, 5.74) is 9.41. The maximum atomic E-state index is 14.9. The number of nitrogens with two attached hydrogens (primary N) is 1. The Morgan fingerprint density at radius 2 is 1.96 bits per heavy atom. The molecule has 1 aromatic rings. The van der Waals surface area contributed by atoms with Crippen molar-refractivity contribution >= 4 is 23.5 Å². The second-order valence-corrected chi connectivity index (χ2v) is 7.71. The Kier molecular flexibility index (Phi) is 6.25. The Balaban J connectivity index is 2.07. The molecule has 0 saturated carbocycles. The highest BCUT2D eigenvalue weighted by Crippen LogP contribution is 2.36. The average molecular weight is 410 g/mol. The average Bonchev–Trinajstić information content (AvgIpc) is 3.06. The number of likely N-dealkylation sites (tertiary alicyclic amines) is 1. The van der Waals surface area contributed by atoms with E-state index in [0.29, 0.717) is 17.3 Å². The monoisotopic (exact) mass is 409 g/mol. The summed E-state index contributed by atoms with van der Waals surface area (Å²) >= 11 is 6.23. The third-order valence-corrected chi connectivity index (χ3v) is 5.68. The van der Waals surface area contributed by atoms with Crippen LogP contribution in [0.4, 0.5) is 8.78 Å². The minimum atomic E-state index is -0.699. The van der Waals surface area contributed by atoms with Crippen molar-refractivity contribution in [3.8, 4) is 0 Å². The SMILES string of the molecule is C=C1N=CNN1C(/C(=C(\N)Cl)c1c(F)cc(C)cc1F)N1CCC(CC)CC1. The molecule has 2 heterocycles. The number of hydrazine groups is 1. The summed E-state index contributed by atoms with van der Waals surface area (Å²) in [5.74, 6) is -0.340. The van der Waals surface area contributed by atoms with Gasteiger partial charge in [0.05, 0.1) is 5.56 Å². The van der Waals surface area contributed by atoms with Crippen molar-refractivity contribution in [1.82, 2.24) is 15.3 Å². The van der Waals surface area contributed by atoms with E-state index < -0.39 is 17.8 Å². The standard InChI is InChI=1S/C20H26ClF2N5/c1-4-14-5-7-27(8-6-14)20(28-13(3)25-11-26-28)18(19(21)24)17-15(22)9-12(2)10-16(17)23/h9-11,14,20H,3-8,24H2,1-2H3,(H,25,26)/b19-18-. The Hall–Kier alpha value is -2.12. The summed E-state index contributed by atoms with van der Waals surface area (Å²) in [6.07, 6.45) is 3.93. The predicted molar refractivity (Wildman–Crippen MR) is 109 cm³/mol. The lowest BCUT2D eigenvalue weighted by atomic mass is 9.92. The van der Waals surface area contributed by atoms with E-state index in [-0.39, 0.29) is 16.3 Å². The minimum absolute atomic E-state index is 0.161. The molecule has 28 heavy (non-hydrogen) atoms. The van der Waals surface area contributed by atoms with Crippen molar-refractivity contribution in [3.63, 3.8) is 0 Å². The molecule has 3 N–H and O–H groups in total. The Morgan fingerprint density at radius 1 is 1.36 bits per heavy atom. The van der Waals surface area contributed by atoms with E-state index in [1.165, 1.54) is 18.5 Å². The van der Waals surface area contributed by atoms with Crippen LogP contribution in [0.5, 0.6) is 0 Å². The molecule has 1 aromatic carbocycles. The van der Waals surface area contributed by atoms with Crippen LogP contribution < -0.4 is 11.2 Å². The van der Waals surface area contributed by atoms with Crippen molar-refractivity contribution in [2.45, 2.75) is 39.3 Å². The quantitative estimate of drug-likeness (QED) is 0.724. The highest BCUT2D eigenvalue weighted by molar-refractivity contribution is 6.32. The number of nitrogens with one attached hydrogen (secondary N) is 1. The van der Waals surface area contributed by atoms with E-state index >= 15 is 0 Å². The molecular weight excluding hydrogens is 384 g/mol. The molecule has 0 aliphatic carbocycles. The number of benzene rings is 1. The molecule has 1 unspecified atom stereocenters. The number of rotatable bonds is 5. The van der Waals surface area contributed by atoms with Gasteiger partial charge in [0.2, 0.25) is 0 Å². The third kappa shape index (κ3) is 4.00. The number of piperidine rings is 1. The first-order valence-corrected chi connectivity index (χ1v) is 9.83. The van der Waals surface area contributed by atoms with Crippen LogP contribution in [0.15, 0.2) is 34.7 Å². The molecule has 1 atom stereocenters. The summed E-state index contributed by atoms with van der Waals surface area (Å²) in [6, 6.07) is 2.56. The fraction of sp³-hybridized carbons (Fsp3) is 0.450. The van der Waals surface area contributed by atoms with Crippen molar-refractivity contribution in [1.29, 1.82) is 0 Å². The molecule has 0 spiro atoms. The Labute approximate surface area is 169 Å². The number of halogens is 3. The number of hydrogen-bond acceptors (Lipinski definition) is 5. The van der Waals surface area contributed by atoms with Gasteiger partial charge in [-0.3, -0.25) is 10.3 Å². The highest BCUT2D eigenvalue weighted by atomic mass is 35.5. The number of aryl methyl sites for hydroxylation is 1. The van der Waals surface area contributed by atoms with E-state index in [9.17, 15) is 8.78 Å². The molecular formula is C20H26ClF2N5. The molecule has 5 nitrogen and oxygen atoms in total. The van der Waals surface area contributed by atoms with Crippen molar-refractivity contribution in [2.75, 3.05) is 13.1 Å². The van der Waals surface area contributed by atoms with Crippen LogP contribution in [0.1, 0.15) is 37.3 Å². The van der Waals surface area contributed by atoms with E-state index in [1.54, 1.807) is 11.9 Å². The zero-order valence-corrected chi connectivity index (χ0v) is 16.9. The van der Waals surface area contributed by atoms with E-state index in [0.717, 1.165) is 32.4 Å². The van der Waals surface area contributed by atoms with Gasteiger partial charge in [-0.25, -0.2) is 18.8 Å². The van der Waals surface area contributed by atoms with Gasteiger partial charge in [0.15, 0.2) is 0 Å². The topological polar surface area (TPSA) is 56.9 Å². The zero-order valence-electron chi connectivity index (χ0n) is 16.2. The van der Waals surface area contributed by atoms with Gasteiger partial charge in [-0.15, -0.1) is 0 Å². The van der Waals surface area contributed by atoms with Crippen molar-refractivity contribution in [3.05, 3.63) is 52.5 Å². The first-order chi connectivity index (χ1) is 13.3. The molecule has 2 aliphatic heterocycles. The van der Waals surface area contributed by atoms with Crippen LogP contribution in [-0.4, -0.2) is 35.5 Å². The van der Waals surface area contributed by atoms with Crippen LogP contribution in [0.2, 0.25) is 0 Å². The third-order valence-electron chi connectivity index (χ3n) is 5.48. The smallest absolute Gasteiger partial charge is 0.143 e. The van der Waals surface area contributed by atoms with Crippen molar-refractivity contribution in [2.24, 2.45) is 16.6 Å². The van der Waals surface area contributed by atoms with Crippen LogP contribution in [-0.2, 0) is 0 Å². The summed E-state index contributed by atoms with van der Waals surface area (Å²) < 4.78 is 29.7. The van der Waals surface area contributed by atoms with Gasteiger partial charge in [0.1, 0.15) is 35.1 Å². The molecule has 0 amide bonds. The summed E-state index contributed by atoms with van der Waals surface area (Å²) in [5, 5.41) is 1.49.